The van der Waals surface area contributed by atoms with Crippen LogP contribution in [0.25, 0.3) is 0 Å². The molecular formula is C13H10BrNO3S. The Labute approximate surface area is 122 Å². The molecule has 0 unspecified atom stereocenters. The van der Waals surface area contributed by atoms with E-state index in [1.54, 1.807) is 36.6 Å². The normalized spacial score (nSPS) is 10.2. The van der Waals surface area contributed by atoms with Crippen LogP contribution in [0.1, 0.15) is 25.6 Å². The maximum absolute atomic E-state index is 12.0. The van der Waals surface area contributed by atoms with E-state index in [1.807, 2.05) is 0 Å². The van der Waals surface area contributed by atoms with Crippen molar-refractivity contribution in [3.05, 3.63) is 50.1 Å². The zero-order valence-corrected chi connectivity index (χ0v) is 12.3. The SMILES string of the molecule is Cc1csc(C(=O)O)c1NC(=O)c1ccc(Br)cc1. The first-order valence-electron chi connectivity index (χ1n) is 5.37. The van der Waals surface area contributed by atoms with Crippen LogP contribution in [0, 0.1) is 6.92 Å². The van der Waals surface area contributed by atoms with Crippen molar-refractivity contribution in [3.63, 3.8) is 0 Å². The second kappa shape index (κ2) is 5.54. The highest BCUT2D eigenvalue weighted by Crippen LogP contribution is 2.28. The number of nitrogens with one attached hydrogen (secondary N) is 1. The van der Waals surface area contributed by atoms with Gasteiger partial charge in [0.25, 0.3) is 5.91 Å². The van der Waals surface area contributed by atoms with Gasteiger partial charge in [-0.2, -0.15) is 0 Å². The fourth-order valence-electron chi connectivity index (χ4n) is 1.54. The number of benzene rings is 1. The molecule has 1 heterocycles. The summed E-state index contributed by atoms with van der Waals surface area (Å²) in [5.41, 5.74) is 1.59. The van der Waals surface area contributed by atoms with Crippen LogP contribution >= 0.6 is 27.3 Å². The lowest BCUT2D eigenvalue weighted by Crippen LogP contribution is -2.14. The summed E-state index contributed by atoms with van der Waals surface area (Å²) in [6.45, 7) is 1.76. The average molecular weight is 340 g/mol. The third-order valence-corrected chi connectivity index (χ3v) is 4.13. The highest BCUT2D eigenvalue weighted by molar-refractivity contribution is 9.10. The van der Waals surface area contributed by atoms with Gasteiger partial charge in [-0.05, 0) is 42.1 Å². The zero-order valence-electron chi connectivity index (χ0n) is 9.94. The number of carbonyl (C=O) groups is 2. The monoisotopic (exact) mass is 339 g/mol. The lowest BCUT2D eigenvalue weighted by molar-refractivity contribution is 0.0703. The van der Waals surface area contributed by atoms with Crippen LogP contribution in [0.4, 0.5) is 5.69 Å². The molecule has 0 aliphatic carbocycles. The van der Waals surface area contributed by atoms with Crippen molar-refractivity contribution in [1.82, 2.24) is 0 Å². The van der Waals surface area contributed by atoms with E-state index in [0.717, 1.165) is 21.4 Å². The van der Waals surface area contributed by atoms with Gasteiger partial charge in [-0.25, -0.2) is 4.79 Å². The summed E-state index contributed by atoms with van der Waals surface area (Å²) in [5.74, 6) is -1.36. The molecule has 0 atom stereocenters. The van der Waals surface area contributed by atoms with Crippen LogP contribution in [0.5, 0.6) is 0 Å². The second-order valence-corrected chi connectivity index (χ2v) is 5.68. The molecule has 2 aromatic rings. The lowest BCUT2D eigenvalue weighted by atomic mass is 10.2. The van der Waals surface area contributed by atoms with Gasteiger partial charge in [-0.15, -0.1) is 11.3 Å². The first kappa shape index (κ1) is 13.8. The van der Waals surface area contributed by atoms with Crippen molar-refractivity contribution in [2.45, 2.75) is 6.92 Å². The zero-order chi connectivity index (χ0) is 14.0. The molecule has 0 bridgehead atoms. The van der Waals surface area contributed by atoms with Crippen LogP contribution in [0.3, 0.4) is 0 Å². The number of carboxylic acids is 1. The average Bonchev–Trinajstić information content (AvgIpc) is 2.72. The third-order valence-electron chi connectivity index (χ3n) is 2.51. The standard InChI is InChI=1S/C13H10BrNO3S/c1-7-6-19-11(13(17)18)10(7)15-12(16)8-2-4-9(14)5-3-8/h2-6H,1H3,(H,15,16)(H,17,18). The number of carboxylic acid groups (broad SMARTS) is 1. The van der Waals surface area contributed by atoms with Gasteiger partial charge in [0, 0.05) is 10.0 Å². The van der Waals surface area contributed by atoms with Crippen molar-refractivity contribution in [2.75, 3.05) is 5.32 Å². The summed E-state index contributed by atoms with van der Waals surface area (Å²) in [4.78, 5) is 23.2. The first-order valence-corrected chi connectivity index (χ1v) is 7.04. The number of halogens is 1. The second-order valence-electron chi connectivity index (χ2n) is 3.89. The van der Waals surface area contributed by atoms with E-state index in [1.165, 1.54) is 0 Å². The molecule has 0 saturated heterocycles. The molecule has 1 aromatic heterocycles. The Hall–Kier alpha value is -1.66. The fraction of sp³-hybridized carbons (Fsp3) is 0.0769. The number of rotatable bonds is 3. The quantitative estimate of drug-likeness (QED) is 0.894. The summed E-state index contributed by atoms with van der Waals surface area (Å²) < 4.78 is 0.877. The van der Waals surface area contributed by atoms with Gasteiger partial charge in [0.2, 0.25) is 0 Å². The van der Waals surface area contributed by atoms with Crippen LogP contribution in [-0.2, 0) is 0 Å². The summed E-state index contributed by atoms with van der Waals surface area (Å²) in [7, 11) is 0. The Morgan fingerprint density at radius 3 is 2.47 bits per heavy atom. The van der Waals surface area contributed by atoms with Crippen molar-refractivity contribution in [1.29, 1.82) is 0 Å². The molecule has 4 nitrogen and oxygen atoms in total. The van der Waals surface area contributed by atoms with E-state index in [4.69, 9.17) is 5.11 Å². The van der Waals surface area contributed by atoms with Crippen molar-refractivity contribution < 1.29 is 14.7 Å². The summed E-state index contributed by atoms with van der Waals surface area (Å²) in [6, 6.07) is 6.85. The maximum atomic E-state index is 12.0. The Morgan fingerprint density at radius 2 is 1.89 bits per heavy atom. The minimum absolute atomic E-state index is 0.142. The molecule has 0 aliphatic rings. The minimum Gasteiger partial charge on any atom is -0.477 e. The molecule has 19 heavy (non-hydrogen) atoms. The smallest absolute Gasteiger partial charge is 0.348 e. The van der Waals surface area contributed by atoms with E-state index < -0.39 is 5.97 Å². The van der Waals surface area contributed by atoms with Crippen LogP contribution in [-0.4, -0.2) is 17.0 Å². The molecular weight excluding hydrogens is 330 g/mol. The van der Waals surface area contributed by atoms with Crippen LogP contribution < -0.4 is 5.32 Å². The van der Waals surface area contributed by atoms with Gasteiger partial charge in [-0.3, -0.25) is 4.79 Å². The van der Waals surface area contributed by atoms with E-state index in [0.29, 0.717) is 11.3 Å². The predicted octanol–water partition coefficient (Wildman–Crippen LogP) is 3.77. The molecule has 2 N–H and O–H groups in total. The van der Waals surface area contributed by atoms with Gasteiger partial charge in [-0.1, -0.05) is 15.9 Å². The summed E-state index contributed by atoms with van der Waals surface area (Å²) in [6.07, 6.45) is 0. The molecule has 0 aliphatic heterocycles. The number of hydrogen-bond donors (Lipinski definition) is 2. The van der Waals surface area contributed by atoms with Crippen LogP contribution in [0.15, 0.2) is 34.1 Å². The number of aryl methyl sites for hydroxylation is 1. The van der Waals surface area contributed by atoms with Crippen molar-refractivity contribution >= 4 is 44.8 Å². The van der Waals surface area contributed by atoms with Gasteiger partial charge < -0.3 is 10.4 Å². The molecule has 1 amide bonds. The van der Waals surface area contributed by atoms with E-state index in [9.17, 15) is 9.59 Å². The van der Waals surface area contributed by atoms with Gasteiger partial charge in [0.1, 0.15) is 4.88 Å². The maximum Gasteiger partial charge on any atom is 0.348 e. The number of aromatic carboxylic acids is 1. The fourth-order valence-corrected chi connectivity index (χ4v) is 2.65. The van der Waals surface area contributed by atoms with E-state index in [-0.39, 0.29) is 10.8 Å². The van der Waals surface area contributed by atoms with Crippen molar-refractivity contribution in [3.8, 4) is 0 Å². The predicted molar refractivity (Wildman–Crippen MR) is 78.1 cm³/mol. The van der Waals surface area contributed by atoms with E-state index in [2.05, 4.69) is 21.2 Å². The van der Waals surface area contributed by atoms with Gasteiger partial charge in [0.15, 0.2) is 0 Å². The van der Waals surface area contributed by atoms with Gasteiger partial charge >= 0.3 is 5.97 Å². The number of anilines is 1. The molecule has 2 rings (SSSR count). The topological polar surface area (TPSA) is 66.4 Å². The minimum atomic E-state index is -1.04. The van der Waals surface area contributed by atoms with Crippen molar-refractivity contribution in [2.24, 2.45) is 0 Å². The summed E-state index contributed by atoms with van der Waals surface area (Å²) >= 11 is 4.39. The number of thiophene rings is 1. The number of hydrogen-bond acceptors (Lipinski definition) is 3. The number of carbonyl (C=O) groups excluding carboxylic acids is 1. The number of amides is 1. The third kappa shape index (κ3) is 3.02. The molecule has 6 heteroatoms. The molecule has 0 fully saturated rings. The van der Waals surface area contributed by atoms with Crippen LogP contribution in [0.2, 0.25) is 0 Å². The highest BCUT2D eigenvalue weighted by Gasteiger charge is 2.17. The Bertz CT molecular complexity index is 634. The Morgan fingerprint density at radius 1 is 1.26 bits per heavy atom. The molecule has 98 valence electrons. The highest BCUT2D eigenvalue weighted by atomic mass is 79.9. The largest absolute Gasteiger partial charge is 0.477 e. The Kier molecular flexibility index (Phi) is 4.01. The van der Waals surface area contributed by atoms with Gasteiger partial charge in [0.05, 0.1) is 5.69 Å². The lowest BCUT2D eigenvalue weighted by Gasteiger charge is -2.06. The Balaban J connectivity index is 2.26. The first-order chi connectivity index (χ1) is 8.99. The molecule has 1 aromatic carbocycles. The summed E-state index contributed by atoms with van der Waals surface area (Å²) in [5, 5.41) is 13.4. The molecule has 0 radical (unpaired) electrons. The van der Waals surface area contributed by atoms with E-state index >= 15 is 0 Å². The molecule has 0 saturated carbocycles. The molecule has 0 spiro atoms.